The lowest BCUT2D eigenvalue weighted by atomic mass is 9.76. The smallest absolute Gasteiger partial charge is 0.303 e. The molecular weight excluding hydrogens is 250 g/mol. The molecule has 0 radical (unpaired) electrons. The number of carboxylic acids is 1. The predicted molar refractivity (Wildman–Crippen MR) is 64.9 cm³/mol. The largest absolute Gasteiger partial charge is 0.482 e. The Bertz CT molecular complexity index is 505. The number of carbonyl (C=O) groups is 3. The first-order chi connectivity index (χ1) is 8.90. The normalized spacial score (nSPS) is 25.4. The van der Waals surface area contributed by atoms with Crippen molar-refractivity contribution < 1.29 is 24.2 Å². The summed E-state index contributed by atoms with van der Waals surface area (Å²) in [6, 6.07) is 0. The van der Waals surface area contributed by atoms with Gasteiger partial charge in [-0.3, -0.25) is 14.4 Å². The molecule has 2 N–H and O–H groups in total. The molecule has 0 spiro atoms. The van der Waals surface area contributed by atoms with Gasteiger partial charge < -0.3 is 15.2 Å². The summed E-state index contributed by atoms with van der Waals surface area (Å²) < 4.78 is 5.24. The summed E-state index contributed by atoms with van der Waals surface area (Å²) in [7, 11) is 0. The average Bonchev–Trinajstić information content (AvgIpc) is 2.35. The fourth-order valence-corrected chi connectivity index (χ4v) is 2.16. The van der Waals surface area contributed by atoms with Crippen LogP contribution in [-0.4, -0.2) is 29.4 Å². The minimum absolute atomic E-state index is 0.0202. The molecule has 0 aromatic heterocycles. The summed E-state index contributed by atoms with van der Waals surface area (Å²) in [5.74, 6) is -0.819. The Morgan fingerprint density at radius 2 is 2.21 bits per heavy atom. The predicted octanol–water partition coefficient (Wildman–Crippen LogP) is 0.744. The van der Waals surface area contributed by atoms with Crippen molar-refractivity contribution >= 4 is 17.7 Å². The molecule has 1 unspecified atom stereocenters. The average molecular weight is 265 g/mol. The van der Waals surface area contributed by atoms with Gasteiger partial charge in [0.1, 0.15) is 11.5 Å². The van der Waals surface area contributed by atoms with Crippen LogP contribution in [0.2, 0.25) is 0 Å². The standard InChI is InChI=1S/C13H15NO5/c1-13(10(15)2-3-12(17)18)5-4-9-8(6-13)14-11(16)7-19-9/h4-5H,2-3,6-7H2,1H3,(H,14,16)(H,17,18). The van der Waals surface area contributed by atoms with Crippen molar-refractivity contribution in [2.24, 2.45) is 5.41 Å². The molecule has 2 aliphatic rings. The molecule has 0 fully saturated rings. The van der Waals surface area contributed by atoms with E-state index >= 15 is 0 Å². The van der Waals surface area contributed by atoms with E-state index in [2.05, 4.69) is 5.32 Å². The molecule has 2 rings (SSSR count). The van der Waals surface area contributed by atoms with E-state index in [0.717, 1.165) is 0 Å². The third-order valence-corrected chi connectivity index (χ3v) is 3.30. The van der Waals surface area contributed by atoms with E-state index < -0.39 is 11.4 Å². The number of ketones is 1. The molecule has 19 heavy (non-hydrogen) atoms. The number of allylic oxidation sites excluding steroid dienone is 3. The monoisotopic (exact) mass is 265 g/mol. The molecule has 0 aromatic carbocycles. The number of rotatable bonds is 4. The Morgan fingerprint density at radius 3 is 2.89 bits per heavy atom. The zero-order valence-electron chi connectivity index (χ0n) is 10.6. The molecule has 0 saturated heterocycles. The lowest BCUT2D eigenvalue weighted by Gasteiger charge is -2.32. The van der Waals surface area contributed by atoms with E-state index in [4.69, 9.17) is 9.84 Å². The Labute approximate surface area is 110 Å². The minimum atomic E-state index is -0.994. The van der Waals surface area contributed by atoms with Gasteiger partial charge in [-0.2, -0.15) is 0 Å². The maximum Gasteiger partial charge on any atom is 0.303 e. The summed E-state index contributed by atoms with van der Waals surface area (Å²) in [5, 5.41) is 11.3. The number of ether oxygens (including phenoxy) is 1. The quantitative estimate of drug-likeness (QED) is 0.782. The van der Waals surface area contributed by atoms with Crippen LogP contribution >= 0.6 is 0 Å². The van der Waals surface area contributed by atoms with Gasteiger partial charge >= 0.3 is 5.97 Å². The number of nitrogens with one attached hydrogen (secondary N) is 1. The van der Waals surface area contributed by atoms with E-state index in [1.54, 1.807) is 19.1 Å². The van der Waals surface area contributed by atoms with Gasteiger partial charge in [-0.05, 0) is 13.0 Å². The Balaban J connectivity index is 2.09. The molecule has 6 nitrogen and oxygen atoms in total. The van der Waals surface area contributed by atoms with Crippen molar-refractivity contribution in [3.05, 3.63) is 23.6 Å². The highest BCUT2D eigenvalue weighted by Crippen LogP contribution is 2.36. The molecule has 1 heterocycles. The molecule has 1 amide bonds. The van der Waals surface area contributed by atoms with Crippen LogP contribution in [0.15, 0.2) is 23.6 Å². The number of carbonyl (C=O) groups excluding carboxylic acids is 2. The number of Topliss-reactive ketones (excluding diaryl/α,β-unsaturated/α-hetero) is 1. The molecule has 1 aliphatic heterocycles. The second-order valence-electron chi connectivity index (χ2n) is 4.92. The number of hydrogen-bond donors (Lipinski definition) is 2. The molecule has 102 valence electrons. The third-order valence-electron chi connectivity index (χ3n) is 3.30. The second kappa shape index (κ2) is 4.87. The fourth-order valence-electron chi connectivity index (χ4n) is 2.16. The summed E-state index contributed by atoms with van der Waals surface area (Å²) in [6.45, 7) is 1.71. The zero-order valence-corrected chi connectivity index (χ0v) is 10.6. The first-order valence-corrected chi connectivity index (χ1v) is 6.01. The minimum Gasteiger partial charge on any atom is -0.482 e. The van der Waals surface area contributed by atoms with E-state index in [0.29, 0.717) is 17.9 Å². The van der Waals surface area contributed by atoms with Crippen molar-refractivity contribution in [3.63, 3.8) is 0 Å². The fraction of sp³-hybridized carbons (Fsp3) is 0.462. The maximum atomic E-state index is 12.1. The first-order valence-electron chi connectivity index (χ1n) is 6.01. The van der Waals surface area contributed by atoms with Crippen LogP contribution in [0.5, 0.6) is 0 Å². The van der Waals surface area contributed by atoms with Gasteiger partial charge in [0.05, 0.1) is 17.5 Å². The van der Waals surface area contributed by atoms with Crippen LogP contribution in [-0.2, 0) is 19.1 Å². The van der Waals surface area contributed by atoms with E-state index in [1.807, 2.05) is 0 Å². The Kier molecular flexibility index (Phi) is 3.42. The highest BCUT2D eigenvalue weighted by Gasteiger charge is 2.36. The van der Waals surface area contributed by atoms with E-state index in [-0.39, 0.29) is 31.1 Å². The van der Waals surface area contributed by atoms with Crippen LogP contribution < -0.4 is 5.32 Å². The summed E-state index contributed by atoms with van der Waals surface area (Å²) in [6.07, 6.45) is 3.50. The number of carboxylic acid groups (broad SMARTS) is 1. The van der Waals surface area contributed by atoms with Gasteiger partial charge in [0.15, 0.2) is 6.61 Å². The van der Waals surface area contributed by atoms with Gasteiger partial charge in [-0.25, -0.2) is 0 Å². The summed E-state index contributed by atoms with van der Waals surface area (Å²) in [5.41, 5.74) is -0.202. The van der Waals surface area contributed by atoms with Gasteiger partial charge in [-0.15, -0.1) is 0 Å². The van der Waals surface area contributed by atoms with Crippen LogP contribution in [0.3, 0.4) is 0 Å². The molecule has 1 aliphatic carbocycles. The highest BCUT2D eigenvalue weighted by atomic mass is 16.5. The molecule has 0 aromatic rings. The lowest BCUT2D eigenvalue weighted by molar-refractivity contribution is -0.139. The van der Waals surface area contributed by atoms with Crippen molar-refractivity contribution in [2.45, 2.75) is 26.2 Å². The van der Waals surface area contributed by atoms with Crippen molar-refractivity contribution in [2.75, 3.05) is 6.61 Å². The maximum absolute atomic E-state index is 12.1. The van der Waals surface area contributed by atoms with Crippen LogP contribution in [0, 0.1) is 5.41 Å². The highest BCUT2D eigenvalue weighted by molar-refractivity contribution is 5.90. The Hall–Kier alpha value is -2.11. The summed E-state index contributed by atoms with van der Waals surface area (Å²) in [4.78, 5) is 33.9. The van der Waals surface area contributed by atoms with Crippen molar-refractivity contribution in [3.8, 4) is 0 Å². The van der Waals surface area contributed by atoms with E-state index in [9.17, 15) is 14.4 Å². The SMILES string of the molecule is CC1(C(=O)CCC(=O)O)C=CC2=C(C1)NC(=O)CO2. The first kappa shape index (κ1) is 13.3. The number of hydrogen-bond acceptors (Lipinski definition) is 4. The summed E-state index contributed by atoms with van der Waals surface area (Å²) >= 11 is 0. The topological polar surface area (TPSA) is 92.7 Å². The molecule has 6 heteroatoms. The van der Waals surface area contributed by atoms with Gasteiger partial charge in [0, 0.05) is 12.8 Å². The van der Waals surface area contributed by atoms with Crippen LogP contribution in [0.1, 0.15) is 26.2 Å². The third kappa shape index (κ3) is 2.83. The van der Waals surface area contributed by atoms with Crippen LogP contribution in [0.4, 0.5) is 0 Å². The van der Waals surface area contributed by atoms with Gasteiger partial charge in [-0.1, -0.05) is 6.08 Å². The van der Waals surface area contributed by atoms with Crippen molar-refractivity contribution in [1.82, 2.24) is 5.32 Å². The van der Waals surface area contributed by atoms with Gasteiger partial charge in [0.25, 0.3) is 5.91 Å². The molecule has 0 saturated carbocycles. The second-order valence-corrected chi connectivity index (χ2v) is 4.92. The zero-order chi connectivity index (χ0) is 14.0. The molecule has 0 bridgehead atoms. The van der Waals surface area contributed by atoms with Gasteiger partial charge in [0.2, 0.25) is 0 Å². The Morgan fingerprint density at radius 1 is 1.47 bits per heavy atom. The number of amides is 1. The lowest BCUT2D eigenvalue weighted by Crippen LogP contribution is -2.39. The van der Waals surface area contributed by atoms with Crippen molar-refractivity contribution in [1.29, 1.82) is 0 Å². The van der Waals surface area contributed by atoms with E-state index in [1.165, 1.54) is 0 Å². The number of aliphatic carboxylic acids is 1. The van der Waals surface area contributed by atoms with Crippen LogP contribution in [0.25, 0.3) is 0 Å². The molecular formula is C13H15NO5. The molecule has 1 atom stereocenters.